The molecule has 0 fully saturated rings. The van der Waals surface area contributed by atoms with Crippen LogP contribution >= 0.6 is 12.4 Å². The molecule has 4 heteroatoms. The van der Waals surface area contributed by atoms with Gasteiger partial charge in [-0.15, -0.1) is 12.4 Å². The summed E-state index contributed by atoms with van der Waals surface area (Å²) in [6.45, 7) is 1.47. The minimum Gasteiger partial charge on any atom is -0.508 e. The van der Waals surface area contributed by atoms with Gasteiger partial charge < -0.3 is 15.5 Å². The van der Waals surface area contributed by atoms with Crippen LogP contribution in [0.1, 0.15) is 5.56 Å². The van der Waals surface area contributed by atoms with Crippen molar-refractivity contribution in [1.82, 2.24) is 5.32 Å². The molecule has 0 saturated carbocycles. The molecule has 74 valence electrons. The monoisotopic (exact) mass is 203 g/mol. The van der Waals surface area contributed by atoms with E-state index in [1.54, 1.807) is 12.1 Å². The maximum Gasteiger partial charge on any atom is 0.115 e. The molecule has 3 nitrogen and oxygen atoms in total. The molecule has 0 saturated heterocycles. The number of hydrogen-bond donors (Lipinski definition) is 3. The van der Waals surface area contributed by atoms with E-state index in [0.717, 1.165) is 12.1 Å². The number of halogens is 1. The Balaban J connectivity index is 0.00000144. The summed E-state index contributed by atoms with van der Waals surface area (Å²) in [5.41, 5.74) is 1.10. The van der Waals surface area contributed by atoms with Gasteiger partial charge in [0, 0.05) is 13.1 Å². The topological polar surface area (TPSA) is 52.5 Å². The van der Waals surface area contributed by atoms with Crippen LogP contribution in [-0.2, 0) is 6.54 Å². The zero-order valence-corrected chi connectivity index (χ0v) is 8.05. The summed E-state index contributed by atoms with van der Waals surface area (Å²) in [6.07, 6.45) is 0. The summed E-state index contributed by atoms with van der Waals surface area (Å²) in [4.78, 5) is 0. The molecule has 0 heterocycles. The lowest BCUT2D eigenvalue weighted by Crippen LogP contribution is -2.17. The van der Waals surface area contributed by atoms with Gasteiger partial charge in [0.05, 0.1) is 6.61 Å². The normalized spacial score (nSPS) is 9.31. The summed E-state index contributed by atoms with van der Waals surface area (Å²) in [7, 11) is 0. The Morgan fingerprint density at radius 1 is 1.15 bits per heavy atom. The van der Waals surface area contributed by atoms with Gasteiger partial charge >= 0.3 is 0 Å². The second-order valence-electron chi connectivity index (χ2n) is 2.57. The molecule has 0 amide bonds. The third-order valence-corrected chi connectivity index (χ3v) is 1.55. The second kappa shape index (κ2) is 6.71. The SMILES string of the molecule is Cl.OCCNCc1ccc(O)cc1. The van der Waals surface area contributed by atoms with Gasteiger partial charge in [-0.25, -0.2) is 0 Å². The molecule has 0 aliphatic carbocycles. The lowest BCUT2D eigenvalue weighted by Gasteiger charge is -2.02. The highest BCUT2D eigenvalue weighted by Crippen LogP contribution is 2.08. The van der Waals surface area contributed by atoms with Crippen LogP contribution in [0.3, 0.4) is 0 Å². The molecule has 1 aromatic carbocycles. The summed E-state index contributed by atoms with van der Waals surface area (Å²) in [6, 6.07) is 6.99. The zero-order valence-electron chi connectivity index (χ0n) is 7.23. The van der Waals surface area contributed by atoms with Crippen molar-refractivity contribution in [2.75, 3.05) is 13.2 Å². The van der Waals surface area contributed by atoms with Gasteiger partial charge in [-0.1, -0.05) is 12.1 Å². The Morgan fingerprint density at radius 2 is 1.77 bits per heavy atom. The number of aliphatic hydroxyl groups is 1. The van der Waals surface area contributed by atoms with Crippen LogP contribution in [0.4, 0.5) is 0 Å². The van der Waals surface area contributed by atoms with Gasteiger partial charge in [-0.05, 0) is 17.7 Å². The largest absolute Gasteiger partial charge is 0.508 e. The fourth-order valence-electron chi connectivity index (χ4n) is 0.926. The summed E-state index contributed by atoms with van der Waals surface area (Å²) in [5.74, 6) is 0.279. The van der Waals surface area contributed by atoms with Crippen molar-refractivity contribution in [3.05, 3.63) is 29.8 Å². The molecule has 0 aliphatic heterocycles. The maximum atomic E-state index is 8.97. The van der Waals surface area contributed by atoms with Crippen molar-refractivity contribution in [3.63, 3.8) is 0 Å². The number of hydrogen-bond acceptors (Lipinski definition) is 3. The van der Waals surface area contributed by atoms with Crippen LogP contribution in [0.15, 0.2) is 24.3 Å². The van der Waals surface area contributed by atoms with E-state index in [-0.39, 0.29) is 24.8 Å². The van der Waals surface area contributed by atoms with E-state index in [9.17, 15) is 0 Å². The van der Waals surface area contributed by atoms with Crippen LogP contribution in [0.25, 0.3) is 0 Å². The number of phenols is 1. The average molecular weight is 204 g/mol. The Morgan fingerprint density at radius 3 is 2.31 bits per heavy atom. The van der Waals surface area contributed by atoms with E-state index in [2.05, 4.69) is 5.32 Å². The smallest absolute Gasteiger partial charge is 0.115 e. The molecule has 13 heavy (non-hydrogen) atoms. The molecule has 0 radical (unpaired) electrons. The van der Waals surface area contributed by atoms with Gasteiger partial charge in [0.2, 0.25) is 0 Å². The van der Waals surface area contributed by atoms with E-state index >= 15 is 0 Å². The molecule has 0 unspecified atom stereocenters. The van der Waals surface area contributed by atoms with Crippen molar-refractivity contribution < 1.29 is 10.2 Å². The first kappa shape index (κ1) is 12.2. The summed E-state index contributed by atoms with van der Waals surface area (Å²) < 4.78 is 0. The Kier molecular flexibility index (Phi) is 6.32. The number of nitrogens with one attached hydrogen (secondary N) is 1. The van der Waals surface area contributed by atoms with E-state index < -0.39 is 0 Å². The van der Waals surface area contributed by atoms with Gasteiger partial charge in [0.25, 0.3) is 0 Å². The van der Waals surface area contributed by atoms with Gasteiger partial charge in [-0.3, -0.25) is 0 Å². The molecular weight excluding hydrogens is 190 g/mol. The molecule has 0 bridgehead atoms. The highest BCUT2D eigenvalue weighted by atomic mass is 35.5. The molecule has 1 rings (SSSR count). The van der Waals surface area contributed by atoms with Crippen molar-refractivity contribution >= 4 is 12.4 Å². The van der Waals surface area contributed by atoms with E-state index in [1.165, 1.54) is 0 Å². The molecule has 0 spiro atoms. The van der Waals surface area contributed by atoms with Crippen LogP contribution in [0.5, 0.6) is 5.75 Å². The van der Waals surface area contributed by atoms with Crippen LogP contribution in [0, 0.1) is 0 Å². The third kappa shape index (κ3) is 4.72. The standard InChI is InChI=1S/C9H13NO2.ClH/c11-6-5-10-7-8-1-3-9(12)4-2-8;/h1-4,10-12H,5-7H2;1H. The van der Waals surface area contributed by atoms with Crippen LogP contribution in [-0.4, -0.2) is 23.4 Å². The summed E-state index contributed by atoms with van der Waals surface area (Å²) >= 11 is 0. The van der Waals surface area contributed by atoms with Crippen LogP contribution < -0.4 is 5.32 Å². The number of phenolic OH excluding ortho intramolecular Hbond substituents is 1. The minimum absolute atomic E-state index is 0. The maximum absolute atomic E-state index is 8.97. The Labute approximate surface area is 83.8 Å². The van der Waals surface area contributed by atoms with Crippen molar-refractivity contribution in [2.45, 2.75) is 6.54 Å². The fourth-order valence-corrected chi connectivity index (χ4v) is 0.926. The lowest BCUT2D eigenvalue weighted by molar-refractivity contribution is 0.292. The first-order valence-corrected chi connectivity index (χ1v) is 3.92. The Hall–Kier alpha value is -0.770. The number of aliphatic hydroxyl groups excluding tert-OH is 1. The molecule has 3 N–H and O–H groups in total. The highest BCUT2D eigenvalue weighted by molar-refractivity contribution is 5.85. The predicted molar refractivity (Wildman–Crippen MR) is 54.1 cm³/mol. The van der Waals surface area contributed by atoms with E-state index in [1.807, 2.05) is 12.1 Å². The van der Waals surface area contributed by atoms with Gasteiger partial charge in [0.1, 0.15) is 5.75 Å². The van der Waals surface area contributed by atoms with Crippen molar-refractivity contribution in [2.24, 2.45) is 0 Å². The predicted octanol–water partition coefficient (Wildman–Crippen LogP) is 0.896. The number of rotatable bonds is 4. The summed E-state index contributed by atoms with van der Waals surface area (Å²) in [5, 5.41) is 20.5. The molecule has 0 aromatic heterocycles. The average Bonchev–Trinajstić information content (AvgIpc) is 2.09. The zero-order chi connectivity index (χ0) is 8.81. The van der Waals surface area contributed by atoms with Crippen molar-refractivity contribution in [1.29, 1.82) is 0 Å². The number of benzene rings is 1. The van der Waals surface area contributed by atoms with Gasteiger partial charge in [-0.2, -0.15) is 0 Å². The third-order valence-electron chi connectivity index (χ3n) is 1.55. The first-order chi connectivity index (χ1) is 5.83. The van der Waals surface area contributed by atoms with Gasteiger partial charge in [0.15, 0.2) is 0 Å². The van der Waals surface area contributed by atoms with E-state index in [4.69, 9.17) is 10.2 Å². The quantitative estimate of drug-likeness (QED) is 0.638. The molecule has 0 aliphatic rings. The molecule has 1 aromatic rings. The highest BCUT2D eigenvalue weighted by Gasteiger charge is 1.91. The fraction of sp³-hybridized carbons (Fsp3) is 0.333. The first-order valence-electron chi connectivity index (χ1n) is 3.92. The lowest BCUT2D eigenvalue weighted by atomic mass is 10.2. The van der Waals surface area contributed by atoms with Crippen molar-refractivity contribution in [3.8, 4) is 5.75 Å². The second-order valence-corrected chi connectivity index (χ2v) is 2.57. The molecular formula is C9H14ClNO2. The number of aromatic hydroxyl groups is 1. The Bertz CT molecular complexity index is 226. The molecule has 0 atom stereocenters. The van der Waals surface area contributed by atoms with E-state index in [0.29, 0.717) is 6.54 Å². The van der Waals surface area contributed by atoms with Crippen LogP contribution in [0.2, 0.25) is 0 Å². The minimum atomic E-state index is 0.